The first kappa shape index (κ1) is 18.7. The van der Waals surface area contributed by atoms with Gasteiger partial charge in [-0.25, -0.2) is 0 Å². The van der Waals surface area contributed by atoms with Crippen molar-refractivity contribution < 1.29 is 9.31 Å². The standard InChI is InChI=1S/C26H27BO2/c1-24(2)25(3,4)29-27(28-24)19-15-16-21-20-13-9-10-14-22(20)26(5,23(21)17-19)18-11-7-6-8-12-18/h6-17H,1-5H3. The monoisotopic (exact) mass is 382 g/mol. The van der Waals surface area contributed by atoms with Crippen LogP contribution >= 0.6 is 0 Å². The summed E-state index contributed by atoms with van der Waals surface area (Å²) in [4.78, 5) is 0. The van der Waals surface area contributed by atoms with Gasteiger partial charge in [-0.1, -0.05) is 72.8 Å². The molecule has 1 fully saturated rings. The van der Waals surface area contributed by atoms with Crippen molar-refractivity contribution in [2.24, 2.45) is 0 Å². The van der Waals surface area contributed by atoms with E-state index in [1.807, 2.05) is 0 Å². The first-order valence-corrected chi connectivity index (χ1v) is 10.4. The van der Waals surface area contributed by atoms with Crippen molar-refractivity contribution in [1.82, 2.24) is 0 Å². The predicted molar refractivity (Wildman–Crippen MR) is 120 cm³/mol. The molecule has 1 aliphatic carbocycles. The molecule has 0 N–H and O–H groups in total. The zero-order valence-electron chi connectivity index (χ0n) is 17.8. The van der Waals surface area contributed by atoms with Gasteiger partial charge in [0.05, 0.1) is 11.2 Å². The molecule has 1 saturated heterocycles. The Morgan fingerprint density at radius 2 is 1.21 bits per heavy atom. The molecule has 3 aromatic rings. The molecule has 1 heterocycles. The van der Waals surface area contributed by atoms with E-state index in [2.05, 4.69) is 107 Å². The van der Waals surface area contributed by atoms with Crippen molar-refractivity contribution in [2.45, 2.75) is 51.2 Å². The van der Waals surface area contributed by atoms with Crippen molar-refractivity contribution in [2.75, 3.05) is 0 Å². The molecule has 0 bridgehead atoms. The summed E-state index contributed by atoms with van der Waals surface area (Å²) in [6, 6.07) is 26.2. The smallest absolute Gasteiger partial charge is 0.399 e. The molecule has 0 spiro atoms. The summed E-state index contributed by atoms with van der Waals surface area (Å²) in [5.74, 6) is 0. The van der Waals surface area contributed by atoms with Crippen LogP contribution in [0.5, 0.6) is 0 Å². The van der Waals surface area contributed by atoms with Gasteiger partial charge in [-0.15, -0.1) is 0 Å². The Kier molecular flexibility index (Phi) is 3.91. The first-order chi connectivity index (χ1) is 13.7. The molecule has 0 amide bonds. The second kappa shape index (κ2) is 6.07. The second-order valence-electron chi connectivity index (χ2n) is 9.43. The van der Waals surface area contributed by atoms with Gasteiger partial charge >= 0.3 is 7.12 Å². The largest absolute Gasteiger partial charge is 0.494 e. The van der Waals surface area contributed by atoms with Crippen LogP contribution in [-0.4, -0.2) is 18.3 Å². The molecule has 3 aromatic carbocycles. The molecule has 2 nitrogen and oxygen atoms in total. The Hall–Kier alpha value is -2.36. The Morgan fingerprint density at radius 1 is 0.621 bits per heavy atom. The van der Waals surface area contributed by atoms with Crippen LogP contribution in [0.15, 0.2) is 72.8 Å². The zero-order valence-corrected chi connectivity index (χ0v) is 17.8. The highest BCUT2D eigenvalue weighted by Gasteiger charge is 2.52. The van der Waals surface area contributed by atoms with E-state index in [9.17, 15) is 0 Å². The van der Waals surface area contributed by atoms with E-state index in [1.54, 1.807) is 0 Å². The average molecular weight is 382 g/mol. The second-order valence-corrected chi connectivity index (χ2v) is 9.43. The van der Waals surface area contributed by atoms with Crippen LogP contribution < -0.4 is 5.46 Å². The van der Waals surface area contributed by atoms with E-state index in [0.717, 1.165) is 5.46 Å². The molecule has 0 radical (unpaired) electrons. The van der Waals surface area contributed by atoms with E-state index >= 15 is 0 Å². The van der Waals surface area contributed by atoms with Crippen LogP contribution in [-0.2, 0) is 14.7 Å². The lowest BCUT2D eigenvalue weighted by Crippen LogP contribution is -2.41. The summed E-state index contributed by atoms with van der Waals surface area (Å²) in [6.07, 6.45) is 0. The SMILES string of the molecule is CC1(c2ccccc2)c2ccccc2-c2ccc(B3OC(C)(C)C(C)(C)O3)cc21. The van der Waals surface area contributed by atoms with Gasteiger partial charge in [0.1, 0.15) is 0 Å². The van der Waals surface area contributed by atoms with Crippen LogP contribution in [0.3, 0.4) is 0 Å². The minimum absolute atomic E-state index is 0.202. The third-order valence-electron chi connectivity index (χ3n) is 7.21. The summed E-state index contributed by atoms with van der Waals surface area (Å²) in [6.45, 7) is 10.7. The fourth-order valence-electron chi connectivity index (χ4n) is 4.72. The van der Waals surface area contributed by atoms with Crippen molar-refractivity contribution >= 4 is 12.6 Å². The van der Waals surface area contributed by atoms with Gasteiger partial charge in [-0.05, 0) is 67.9 Å². The van der Waals surface area contributed by atoms with Crippen LogP contribution in [0.4, 0.5) is 0 Å². The van der Waals surface area contributed by atoms with Gasteiger partial charge in [0.15, 0.2) is 0 Å². The number of fused-ring (bicyclic) bond motifs is 3. The van der Waals surface area contributed by atoms with Crippen molar-refractivity contribution in [3.05, 3.63) is 89.5 Å². The lowest BCUT2D eigenvalue weighted by atomic mass is 9.71. The molecule has 1 atom stereocenters. The molecule has 5 rings (SSSR count). The third kappa shape index (κ3) is 2.57. The predicted octanol–water partition coefficient (Wildman–Crippen LogP) is 5.32. The van der Waals surface area contributed by atoms with Gasteiger partial charge in [0.2, 0.25) is 0 Å². The molecule has 1 unspecified atom stereocenters. The van der Waals surface area contributed by atoms with Gasteiger partial charge in [-0.3, -0.25) is 0 Å². The average Bonchev–Trinajstić information content (AvgIpc) is 3.10. The van der Waals surface area contributed by atoms with Gasteiger partial charge in [0, 0.05) is 5.41 Å². The highest BCUT2D eigenvalue weighted by Crippen LogP contribution is 2.52. The molecule has 29 heavy (non-hydrogen) atoms. The first-order valence-electron chi connectivity index (χ1n) is 10.4. The maximum Gasteiger partial charge on any atom is 0.494 e. The molecule has 1 aliphatic heterocycles. The van der Waals surface area contributed by atoms with Gasteiger partial charge in [0.25, 0.3) is 0 Å². The normalized spacial score (nSPS) is 23.7. The summed E-state index contributed by atoms with van der Waals surface area (Å²) in [5.41, 5.74) is 6.78. The molecule has 3 heteroatoms. The Balaban J connectivity index is 1.68. The zero-order chi connectivity index (χ0) is 20.4. The molecule has 0 saturated carbocycles. The lowest BCUT2D eigenvalue weighted by Gasteiger charge is -2.32. The van der Waals surface area contributed by atoms with E-state index in [0.29, 0.717) is 0 Å². The molecule has 2 aliphatic rings. The molecular weight excluding hydrogens is 355 g/mol. The number of benzene rings is 3. The maximum atomic E-state index is 6.34. The molecule has 0 aromatic heterocycles. The van der Waals surface area contributed by atoms with E-state index in [4.69, 9.17) is 9.31 Å². The van der Waals surface area contributed by atoms with Gasteiger partial charge < -0.3 is 9.31 Å². The fraction of sp³-hybridized carbons (Fsp3) is 0.308. The van der Waals surface area contributed by atoms with E-state index < -0.39 is 0 Å². The van der Waals surface area contributed by atoms with E-state index in [-0.39, 0.29) is 23.7 Å². The van der Waals surface area contributed by atoms with Crippen LogP contribution in [0.25, 0.3) is 11.1 Å². The fourth-order valence-corrected chi connectivity index (χ4v) is 4.72. The Bertz CT molecular complexity index is 1070. The van der Waals surface area contributed by atoms with E-state index in [1.165, 1.54) is 27.8 Å². The van der Waals surface area contributed by atoms with Crippen LogP contribution in [0.1, 0.15) is 51.3 Å². The summed E-state index contributed by atoms with van der Waals surface area (Å²) >= 11 is 0. The highest BCUT2D eigenvalue weighted by molar-refractivity contribution is 6.62. The summed E-state index contributed by atoms with van der Waals surface area (Å²) < 4.78 is 12.7. The summed E-state index contributed by atoms with van der Waals surface area (Å²) in [7, 11) is -0.353. The number of rotatable bonds is 2. The maximum absolute atomic E-state index is 6.34. The van der Waals surface area contributed by atoms with Crippen molar-refractivity contribution in [3.63, 3.8) is 0 Å². The van der Waals surface area contributed by atoms with Crippen LogP contribution in [0, 0.1) is 0 Å². The van der Waals surface area contributed by atoms with Crippen molar-refractivity contribution in [3.8, 4) is 11.1 Å². The summed E-state index contributed by atoms with van der Waals surface area (Å²) in [5, 5.41) is 0. The minimum atomic E-state index is -0.353. The third-order valence-corrected chi connectivity index (χ3v) is 7.21. The minimum Gasteiger partial charge on any atom is -0.399 e. The Labute approximate surface area is 174 Å². The Morgan fingerprint density at radius 3 is 1.90 bits per heavy atom. The van der Waals surface area contributed by atoms with Crippen LogP contribution in [0.2, 0.25) is 0 Å². The topological polar surface area (TPSA) is 18.5 Å². The highest BCUT2D eigenvalue weighted by atomic mass is 16.7. The number of hydrogen-bond acceptors (Lipinski definition) is 2. The lowest BCUT2D eigenvalue weighted by molar-refractivity contribution is 0.00578. The van der Waals surface area contributed by atoms with Gasteiger partial charge in [-0.2, -0.15) is 0 Å². The number of hydrogen-bond donors (Lipinski definition) is 0. The van der Waals surface area contributed by atoms with Crippen molar-refractivity contribution in [1.29, 1.82) is 0 Å². The molecular formula is C26H27BO2. The molecule has 146 valence electrons. The quantitative estimate of drug-likeness (QED) is 0.559.